The molecule has 0 aliphatic rings. The number of thioether (sulfide) groups is 1. The Morgan fingerprint density at radius 2 is 1.79 bits per heavy atom. The van der Waals surface area contributed by atoms with Gasteiger partial charge in [0.25, 0.3) is 11.5 Å². The lowest BCUT2D eigenvalue weighted by atomic mass is 10.2. The first kappa shape index (κ1) is 22.2. The molecule has 2 aromatic rings. The molecular weight excluding hydrogens is 394 g/mol. The van der Waals surface area contributed by atoms with Crippen molar-refractivity contribution >= 4 is 41.0 Å². The van der Waals surface area contributed by atoms with Crippen molar-refractivity contribution in [3.8, 4) is 0 Å². The summed E-state index contributed by atoms with van der Waals surface area (Å²) in [6.07, 6.45) is 0.166. The number of nitrogens with zero attached hydrogens (tertiary/aromatic N) is 1. The average molecular weight is 417 g/mol. The quantitative estimate of drug-likeness (QED) is 0.383. The van der Waals surface area contributed by atoms with Gasteiger partial charge in [-0.05, 0) is 26.0 Å². The standard InChI is InChI=1S/C19H23N5O4S/c1-4-13(25)21-16-15(22-17(27)12-8-6-5-7-9-12)18(28)24-19(23-16)29-10-14(26)20-11(2)3/h5-9,11H,4,10H2,1-3H3,(H,20,26)(H,22,27)(H2,21,23,24,25,28). The van der Waals surface area contributed by atoms with Gasteiger partial charge < -0.3 is 16.0 Å². The highest BCUT2D eigenvalue weighted by atomic mass is 32.2. The molecule has 0 saturated heterocycles. The maximum Gasteiger partial charge on any atom is 0.277 e. The van der Waals surface area contributed by atoms with Gasteiger partial charge in [-0.1, -0.05) is 36.9 Å². The minimum Gasteiger partial charge on any atom is -0.353 e. The Kier molecular flexibility index (Phi) is 7.96. The summed E-state index contributed by atoms with van der Waals surface area (Å²) in [4.78, 5) is 55.3. The number of amides is 3. The van der Waals surface area contributed by atoms with Crippen molar-refractivity contribution < 1.29 is 14.4 Å². The zero-order valence-corrected chi connectivity index (χ0v) is 17.2. The van der Waals surface area contributed by atoms with Crippen LogP contribution in [0.4, 0.5) is 11.5 Å². The maximum absolute atomic E-state index is 12.5. The topological polar surface area (TPSA) is 133 Å². The maximum atomic E-state index is 12.5. The fraction of sp³-hybridized carbons (Fsp3) is 0.316. The van der Waals surface area contributed by atoms with E-state index in [0.29, 0.717) is 5.56 Å². The number of anilines is 2. The van der Waals surface area contributed by atoms with Crippen molar-refractivity contribution in [1.29, 1.82) is 0 Å². The van der Waals surface area contributed by atoms with Crippen molar-refractivity contribution in [1.82, 2.24) is 15.3 Å². The minimum absolute atomic E-state index is 0.00918. The van der Waals surface area contributed by atoms with Gasteiger partial charge in [0, 0.05) is 18.0 Å². The molecule has 10 heteroatoms. The Bertz CT molecular complexity index is 943. The minimum atomic E-state index is -0.637. The van der Waals surface area contributed by atoms with E-state index in [9.17, 15) is 19.2 Å². The van der Waals surface area contributed by atoms with Crippen LogP contribution in [0.25, 0.3) is 0 Å². The highest BCUT2D eigenvalue weighted by Crippen LogP contribution is 2.20. The van der Waals surface area contributed by atoms with E-state index in [0.717, 1.165) is 11.8 Å². The molecule has 0 unspecified atom stereocenters. The van der Waals surface area contributed by atoms with Gasteiger partial charge in [0.15, 0.2) is 16.7 Å². The molecular formula is C19H23N5O4S. The van der Waals surface area contributed by atoms with Crippen molar-refractivity contribution in [3.63, 3.8) is 0 Å². The Morgan fingerprint density at radius 3 is 2.41 bits per heavy atom. The smallest absolute Gasteiger partial charge is 0.277 e. The summed E-state index contributed by atoms with van der Waals surface area (Å²) < 4.78 is 0. The highest BCUT2D eigenvalue weighted by molar-refractivity contribution is 7.99. The molecule has 29 heavy (non-hydrogen) atoms. The molecule has 0 atom stereocenters. The number of carbonyl (C=O) groups excluding carboxylic acids is 3. The summed E-state index contributed by atoms with van der Waals surface area (Å²) in [7, 11) is 0. The normalized spacial score (nSPS) is 10.5. The number of carbonyl (C=O) groups is 3. The zero-order valence-electron chi connectivity index (χ0n) is 16.4. The van der Waals surface area contributed by atoms with E-state index < -0.39 is 11.5 Å². The lowest BCUT2D eigenvalue weighted by Gasteiger charge is -2.12. The second kappa shape index (κ2) is 10.4. The zero-order chi connectivity index (χ0) is 21.4. The van der Waals surface area contributed by atoms with Crippen LogP contribution in [0.5, 0.6) is 0 Å². The fourth-order valence-corrected chi connectivity index (χ4v) is 2.89. The Morgan fingerprint density at radius 1 is 1.10 bits per heavy atom. The molecule has 0 bridgehead atoms. The van der Waals surface area contributed by atoms with E-state index in [4.69, 9.17) is 0 Å². The van der Waals surface area contributed by atoms with Crippen LogP contribution in [-0.2, 0) is 9.59 Å². The number of H-pyrrole nitrogens is 1. The van der Waals surface area contributed by atoms with Gasteiger partial charge in [0.05, 0.1) is 5.75 Å². The van der Waals surface area contributed by atoms with Crippen LogP contribution in [0.3, 0.4) is 0 Å². The summed E-state index contributed by atoms with van der Waals surface area (Å²) in [5.41, 5.74) is -0.456. The summed E-state index contributed by atoms with van der Waals surface area (Å²) in [5.74, 6) is -1.13. The van der Waals surface area contributed by atoms with E-state index in [1.54, 1.807) is 37.3 Å². The molecule has 1 heterocycles. The van der Waals surface area contributed by atoms with E-state index in [2.05, 4.69) is 25.9 Å². The largest absolute Gasteiger partial charge is 0.353 e. The highest BCUT2D eigenvalue weighted by Gasteiger charge is 2.18. The first-order chi connectivity index (χ1) is 13.8. The summed E-state index contributed by atoms with van der Waals surface area (Å²) in [6.45, 7) is 5.33. The van der Waals surface area contributed by atoms with E-state index in [1.807, 2.05) is 13.8 Å². The van der Waals surface area contributed by atoms with E-state index in [-0.39, 0.29) is 46.7 Å². The third kappa shape index (κ3) is 6.75. The van der Waals surface area contributed by atoms with Gasteiger partial charge in [0.1, 0.15) is 0 Å². The predicted octanol–water partition coefficient (Wildman–Crippen LogP) is 1.99. The molecule has 0 saturated carbocycles. The molecule has 154 valence electrons. The van der Waals surface area contributed by atoms with Gasteiger partial charge in [-0.2, -0.15) is 0 Å². The van der Waals surface area contributed by atoms with Gasteiger partial charge in [0.2, 0.25) is 11.8 Å². The number of aromatic nitrogens is 2. The number of rotatable bonds is 8. The van der Waals surface area contributed by atoms with Crippen LogP contribution in [0.15, 0.2) is 40.3 Å². The van der Waals surface area contributed by atoms with Gasteiger partial charge >= 0.3 is 0 Å². The molecule has 0 radical (unpaired) electrons. The molecule has 0 aliphatic heterocycles. The van der Waals surface area contributed by atoms with Crippen LogP contribution >= 0.6 is 11.8 Å². The van der Waals surface area contributed by atoms with Crippen molar-refractivity contribution in [2.45, 2.75) is 38.4 Å². The second-order valence-electron chi connectivity index (χ2n) is 6.33. The molecule has 0 spiro atoms. The number of nitrogens with one attached hydrogen (secondary N) is 4. The second-order valence-corrected chi connectivity index (χ2v) is 7.29. The molecule has 0 fully saturated rings. The molecule has 2 rings (SSSR count). The summed E-state index contributed by atoms with van der Waals surface area (Å²) in [6, 6.07) is 8.33. The molecule has 4 N–H and O–H groups in total. The monoisotopic (exact) mass is 417 g/mol. The van der Waals surface area contributed by atoms with Crippen molar-refractivity contribution in [2.75, 3.05) is 16.4 Å². The third-order valence-electron chi connectivity index (χ3n) is 3.54. The Balaban J connectivity index is 2.27. The van der Waals surface area contributed by atoms with E-state index in [1.165, 1.54) is 0 Å². The van der Waals surface area contributed by atoms with Crippen LogP contribution in [0.1, 0.15) is 37.6 Å². The van der Waals surface area contributed by atoms with E-state index >= 15 is 0 Å². The molecule has 3 amide bonds. The fourth-order valence-electron chi connectivity index (χ4n) is 2.22. The first-order valence-corrected chi connectivity index (χ1v) is 10.0. The number of hydrogen-bond acceptors (Lipinski definition) is 6. The molecule has 1 aromatic heterocycles. The Labute approximate surface area is 172 Å². The predicted molar refractivity (Wildman–Crippen MR) is 112 cm³/mol. The van der Waals surface area contributed by atoms with Crippen LogP contribution in [0, 0.1) is 0 Å². The lowest BCUT2D eigenvalue weighted by molar-refractivity contribution is -0.119. The van der Waals surface area contributed by atoms with Gasteiger partial charge in [-0.3, -0.25) is 24.2 Å². The number of benzene rings is 1. The van der Waals surface area contributed by atoms with Crippen molar-refractivity contribution in [2.24, 2.45) is 0 Å². The molecule has 9 nitrogen and oxygen atoms in total. The number of aromatic amines is 1. The third-order valence-corrected chi connectivity index (χ3v) is 4.41. The van der Waals surface area contributed by atoms with Crippen LogP contribution in [0.2, 0.25) is 0 Å². The summed E-state index contributed by atoms with van der Waals surface area (Å²) in [5, 5.41) is 7.90. The summed E-state index contributed by atoms with van der Waals surface area (Å²) >= 11 is 1.01. The van der Waals surface area contributed by atoms with Gasteiger partial charge in [-0.25, -0.2) is 4.98 Å². The lowest BCUT2D eigenvalue weighted by Crippen LogP contribution is -2.31. The first-order valence-electron chi connectivity index (χ1n) is 9.02. The van der Waals surface area contributed by atoms with Crippen LogP contribution in [-0.4, -0.2) is 39.5 Å². The SMILES string of the molecule is CCC(=O)Nc1nc(SCC(=O)NC(C)C)[nH]c(=O)c1NC(=O)c1ccccc1. The average Bonchev–Trinajstić information content (AvgIpc) is 2.68. The molecule has 1 aromatic carbocycles. The Hall–Kier alpha value is -3.14. The van der Waals surface area contributed by atoms with Crippen LogP contribution < -0.4 is 21.5 Å². The molecule has 0 aliphatic carbocycles. The number of hydrogen-bond donors (Lipinski definition) is 4. The van der Waals surface area contributed by atoms with Crippen molar-refractivity contribution in [3.05, 3.63) is 46.2 Å². The van der Waals surface area contributed by atoms with Gasteiger partial charge in [-0.15, -0.1) is 0 Å².